The smallest absolute Gasteiger partial charge is 0.287 e. The molecule has 13 heavy (non-hydrogen) atoms. The van der Waals surface area contributed by atoms with Gasteiger partial charge in [-0.05, 0) is 52.6 Å². The fourth-order valence-corrected chi connectivity index (χ4v) is 1.15. The van der Waals surface area contributed by atoms with Gasteiger partial charge in [0.2, 0.25) is 0 Å². The van der Waals surface area contributed by atoms with E-state index in [9.17, 15) is 0 Å². The molecule has 0 aromatic heterocycles. The van der Waals surface area contributed by atoms with Crippen LogP contribution in [0, 0.1) is 0 Å². The summed E-state index contributed by atoms with van der Waals surface area (Å²) in [4.78, 5) is 0. The van der Waals surface area contributed by atoms with Gasteiger partial charge in [0.25, 0.3) is 7.55 Å². The SMILES string of the molecule is CC(C)(C)N1[B][B]N(C(C)(C)C)[B]1. The quantitative estimate of drug-likeness (QED) is 0.504. The lowest BCUT2D eigenvalue weighted by atomic mass is 9.54. The monoisotopic (exact) mass is 175 g/mol. The van der Waals surface area contributed by atoms with Crippen molar-refractivity contribution in [3.63, 3.8) is 0 Å². The second-order valence-corrected chi connectivity index (χ2v) is 5.57. The van der Waals surface area contributed by atoms with Crippen LogP contribution in [0.25, 0.3) is 0 Å². The molecule has 0 unspecified atom stereocenters. The first kappa shape index (κ1) is 11.2. The third-order valence-corrected chi connectivity index (χ3v) is 2.19. The van der Waals surface area contributed by atoms with Gasteiger partial charge in [0.1, 0.15) is 0 Å². The maximum atomic E-state index is 2.23. The summed E-state index contributed by atoms with van der Waals surface area (Å²) in [5.41, 5.74) is 0.354. The van der Waals surface area contributed by atoms with Gasteiger partial charge in [0.15, 0.2) is 14.6 Å². The van der Waals surface area contributed by atoms with Gasteiger partial charge in [-0.2, -0.15) is 0 Å². The Morgan fingerprint density at radius 2 is 1.00 bits per heavy atom. The topological polar surface area (TPSA) is 6.48 Å². The molecule has 3 radical (unpaired) electrons. The Morgan fingerprint density at radius 3 is 1.15 bits per heavy atom. The normalized spacial score (nSPS) is 20.8. The molecular formula is C8H18B3N2. The van der Waals surface area contributed by atoms with Crippen molar-refractivity contribution in [2.75, 3.05) is 0 Å². The lowest BCUT2D eigenvalue weighted by Crippen LogP contribution is -2.48. The molecular weight excluding hydrogens is 157 g/mol. The van der Waals surface area contributed by atoms with Crippen LogP contribution in [0.1, 0.15) is 41.5 Å². The molecule has 0 saturated carbocycles. The number of hydrogen-bond donors (Lipinski definition) is 0. The molecule has 0 spiro atoms. The number of hydrogen-bond acceptors (Lipinski definition) is 2. The Morgan fingerprint density at radius 1 is 0.692 bits per heavy atom. The van der Waals surface area contributed by atoms with Gasteiger partial charge in [0, 0.05) is 0 Å². The van der Waals surface area contributed by atoms with E-state index in [1.807, 2.05) is 0 Å². The average Bonchev–Trinajstić information content (AvgIpc) is 2.28. The van der Waals surface area contributed by atoms with Gasteiger partial charge < -0.3 is 9.44 Å². The van der Waals surface area contributed by atoms with Gasteiger partial charge in [-0.25, -0.2) is 0 Å². The molecule has 0 aliphatic carbocycles. The Kier molecular flexibility index (Phi) is 2.89. The van der Waals surface area contributed by atoms with Crippen LogP contribution in [0.5, 0.6) is 0 Å². The highest BCUT2D eigenvalue weighted by atomic mass is 15.2. The van der Waals surface area contributed by atoms with Crippen molar-refractivity contribution in [2.24, 2.45) is 0 Å². The van der Waals surface area contributed by atoms with Gasteiger partial charge in [-0.15, -0.1) is 0 Å². The van der Waals surface area contributed by atoms with Crippen molar-refractivity contribution >= 4 is 22.2 Å². The Labute approximate surface area is 84.8 Å². The predicted molar refractivity (Wildman–Crippen MR) is 60.4 cm³/mol. The van der Waals surface area contributed by atoms with E-state index in [0.717, 1.165) is 0 Å². The Hall–Kier alpha value is 0.115. The molecule has 0 amide bonds. The van der Waals surface area contributed by atoms with E-state index in [0.29, 0.717) is 0 Å². The largest absolute Gasteiger partial charge is 0.380 e. The summed E-state index contributed by atoms with van der Waals surface area (Å²) in [7, 11) is 6.43. The zero-order valence-electron chi connectivity index (χ0n) is 9.63. The van der Waals surface area contributed by atoms with E-state index < -0.39 is 0 Å². The van der Waals surface area contributed by atoms with E-state index in [1.165, 1.54) is 0 Å². The minimum atomic E-state index is 0.177. The van der Waals surface area contributed by atoms with E-state index in [4.69, 9.17) is 0 Å². The highest BCUT2D eigenvalue weighted by Gasteiger charge is 2.35. The Bertz CT molecular complexity index is 163. The molecule has 1 aliphatic heterocycles. The lowest BCUT2D eigenvalue weighted by Gasteiger charge is -2.36. The molecule has 0 N–H and O–H groups in total. The lowest BCUT2D eigenvalue weighted by molar-refractivity contribution is 0.334. The van der Waals surface area contributed by atoms with Gasteiger partial charge >= 0.3 is 0 Å². The van der Waals surface area contributed by atoms with Gasteiger partial charge in [-0.3, -0.25) is 0 Å². The maximum Gasteiger partial charge on any atom is 0.287 e. The van der Waals surface area contributed by atoms with Crippen molar-refractivity contribution in [2.45, 2.75) is 52.6 Å². The van der Waals surface area contributed by atoms with Gasteiger partial charge in [-0.1, -0.05) is 0 Å². The molecule has 1 fully saturated rings. The molecule has 1 aliphatic rings. The van der Waals surface area contributed by atoms with E-state index >= 15 is 0 Å². The molecule has 0 atom stereocenters. The van der Waals surface area contributed by atoms with Gasteiger partial charge in [0.05, 0.1) is 0 Å². The highest BCUT2D eigenvalue weighted by molar-refractivity contribution is 7.05. The molecule has 2 nitrogen and oxygen atoms in total. The predicted octanol–water partition coefficient (Wildman–Crippen LogP) is 0.889. The third kappa shape index (κ3) is 2.78. The molecule has 0 aromatic rings. The summed E-state index contributed by atoms with van der Waals surface area (Å²) in [6.07, 6.45) is 0. The molecule has 5 heteroatoms. The second-order valence-electron chi connectivity index (χ2n) is 5.57. The molecule has 1 rings (SSSR count). The minimum Gasteiger partial charge on any atom is -0.380 e. The molecule has 69 valence electrons. The maximum absolute atomic E-state index is 2.23. The average molecular weight is 175 g/mol. The van der Waals surface area contributed by atoms with Crippen LogP contribution < -0.4 is 0 Å². The number of nitrogens with zero attached hydrogens (tertiary/aromatic N) is 2. The van der Waals surface area contributed by atoms with Crippen LogP contribution in [0.3, 0.4) is 0 Å². The summed E-state index contributed by atoms with van der Waals surface area (Å²) in [5, 5.41) is 0. The molecule has 1 heterocycles. The minimum absolute atomic E-state index is 0.177. The number of rotatable bonds is 0. The summed E-state index contributed by atoms with van der Waals surface area (Å²) in [6, 6.07) is 0. The fourth-order valence-electron chi connectivity index (χ4n) is 1.15. The third-order valence-electron chi connectivity index (χ3n) is 2.19. The highest BCUT2D eigenvalue weighted by Crippen LogP contribution is 2.19. The standard InChI is InChI=1S/C8H18B3N2/c1-7(2,3)12-9-10-13(11-12)8(4,5)6/h1-6H3. The second kappa shape index (κ2) is 3.36. The van der Waals surface area contributed by atoms with Crippen molar-refractivity contribution < 1.29 is 0 Å². The van der Waals surface area contributed by atoms with Crippen molar-refractivity contribution in [3.8, 4) is 0 Å². The van der Waals surface area contributed by atoms with Crippen LogP contribution in [0.15, 0.2) is 0 Å². The van der Waals surface area contributed by atoms with Crippen molar-refractivity contribution in [1.82, 2.24) is 9.44 Å². The van der Waals surface area contributed by atoms with Crippen LogP contribution in [-0.4, -0.2) is 42.7 Å². The van der Waals surface area contributed by atoms with Crippen molar-refractivity contribution in [1.29, 1.82) is 0 Å². The zero-order valence-corrected chi connectivity index (χ0v) is 9.63. The summed E-state index contributed by atoms with van der Waals surface area (Å²) in [5.74, 6) is 0. The first-order valence-electron chi connectivity index (χ1n) is 4.81. The van der Waals surface area contributed by atoms with Crippen LogP contribution in [0.4, 0.5) is 0 Å². The van der Waals surface area contributed by atoms with E-state index in [2.05, 4.69) is 73.1 Å². The van der Waals surface area contributed by atoms with E-state index in [-0.39, 0.29) is 11.1 Å². The summed E-state index contributed by atoms with van der Waals surface area (Å²) < 4.78 is 4.47. The van der Waals surface area contributed by atoms with Crippen molar-refractivity contribution in [3.05, 3.63) is 0 Å². The van der Waals surface area contributed by atoms with Crippen LogP contribution >= 0.6 is 0 Å². The fraction of sp³-hybridized carbons (Fsp3) is 1.00. The molecule has 1 saturated heterocycles. The molecule has 0 aromatic carbocycles. The van der Waals surface area contributed by atoms with Crippen LogP contribution in [-0.2, 0) is 0 Å². The Balaban J connectivity index is 2.55. The first-order valence-corrected chi connectivity index (χ1v) is 4.81. The zero-order chi connectivity index (χ0) is 10.3. The molecule has 0 bridgehead atoms. The first-order chi connectivity index (χ1) is 5.71. The summed E-state index contributed by atoms with van der Waals surface area (Å²) in [6.45, 7) is 13.3. The van der Waals surface area contributed by atoms with Crippen LogP contribution in [0.2, 0.25) is 0 Å². The van der Waals surface area contributed by atoms with E-state index in [1.54, 1.807) is 0 Å². The summed E-state index contributed by atoms with van der Waals surface area (Å²) >= 11 is 0.